The van der Waals surface area contributed by atoms with Crippen LogP contribution in [0, 0.1) is 0 Å². The zero-order valence-corrected chi connectivity index (χ0v) is 17.8. The van der Waals surface area contributed by atoms with E-state index in [1.54, 1.807) is 7.11 Å². The Hall–Kier alpha value is -2.72. The quantitative estimate of drug-likeness (QED) is 0.381. The van der Waals surface area contributed by atoms with Gasteiger partial charge in [0.05, 0.1) is 7.11 Å². The monoisotopic (exact) mass is 401 g/mol. The molecular weight excluding hydrogens is 370 g/mol. The summed E-state index contributed by atoms with van der Waals surface area (Å²) < 4.78 is 5.36. The number of nitrogens with zero attached hydrogens (tertiary/aromatic N) is 1. The summed E-state index contributed by atoms with van der Waals surface area (Å²) in [4.78, 5) is 9.68. The highest BCUT2D eigenvalue weighted by Gasteiger charge is 2.21. The van der Waals surface area contributed by atoms with Gasteiger partial charge in [0.15, 0.2) is 0 Å². The standard InChI is InChI=1S/C26H31N3O/c1-30-22-9-10-24-21(16-22)17-26(28-24)19-11-14-29(15-12-19)13-5-4-6-20-18-27-25-8-3-2-7-23(20)25/h2-3,7-10,16-19,27-28H,4-6,11-15H2,1H3. The SMILES string of the molecule is COc1ccc2[nH]c(C3CCN(CCCCc4c[nH]c5ccccc45)CC3)cc2c1. The Morgan fingerprint density at radius 1 is 1.00 bits per heavy atom. The van der Waals surface area contributed by atoms with Gasteiger partial charge in [-0.2, -0.15) is 0 Å². The van der Waals surface area contributed by atoms with Crippen molar-refractivity contribution in [3.05, 3.63) is 66.0 Å². The zero-order chi connectivity index (χ0) is 20.3. The number of piperidine rings is 1. The first-order valence-corrected chi connectivity index (χ1v) is 11.2. The lowest BCUT2D eigenvalue weighted by molar-refractivity contribution is 0.208. The third-order valence-corrected chi connectivity index (χ3v) is 6.72. The summed E-state index contributed by atoms with van der Waals surface area (Å²) in [6.07, 6.45) is 8.37. The van der Waals surface area contributed by atoms with Crippen LogP contribution in [0.3, 0.4) is 0 Å². The lowest BCUT2D eigenvalue weighted by Gasteiger charge is -2.31. The molecule has 0 bridgehead atoms. The van der Waals surface area contributed by atoms with Gasteiger partial charge in [0.25, 0.3) is 0 Å². The Kier molecular flexibility index (Phi) is 5.50. The maximum atomic E-state index is 5.36. The smallest absolute Gasteiger partial charge is 0.119 e. The molecule has 30 heavy (non-hydrogen) atoms. The molecule has 0 spiro atoms. The predicted octanol–water partition coefficient (Wildman–Crippen LogP) is 5.86. The summed E-state index contributed by atoms with van der Waals surface area (Å²) >= 11 is 0. The maximum absolute atomic E-state index is 5.36. The number of nitrogens with one attached hydrogen (secondary N) is 2. The molecule has 3 heterocycles. The van der Waals surface area contributed by atoms with Gasteiger partial charge in [0.2, 0.25) is 0 Å². The van der Waals surface area contributed by atoms with Crippen LogP contribution in [0.5, 0.6) is 5.75 Å². The molecule has 2 N–H and O–H groups in total. The summed E-state index contributed by atoms with van der Waals surface area (Å²) in [5.41, 5.74) is 5.31. The third-order valence-electron chi connectivity index (χ3n) is 6.72. The number of aromatic amines is 2. The van der Waals surface area contributed by atoms with Crippen molar-refractivity contribution in [2.45, 2.75) is 38.0 Å². The van der Waals surface area contributed by atoms with Crippen LogP contribution in [0.4, 0.5) is 0 Å². The Balaban J connectivity index is 1.09. The lowest BCUT2D eigenvalue weighted by atomic mass is 9.93. The molecule has 0 saturated carbocycles. The molecule has 4 aromatic rings. The van der Waals surface area contributed by atoms with Gasteiger partial charge in [-0.1, -0.05) is 18.2 Å². The van der Waals surface area contributed by atoms with E-state index in [4.69, 9.17) is 4.74 Å². The second-order valence-electron chi connectivity index (χ2n) is 8.61. The van der Waals surface area contributed by atoms with Crippen molar-refractivity contribution >= 4 is 21.8 Å². The van der Waals surface area contributed by atoms with Gasteiger partial charge < -0.3 is 19.6 Å². The first-order valence-electron chi connectivity index (χ1n) is 11.2. The molecule has 4 nitrogen and oxygen atoms in total. The predicted molar refractivity (Wildman–Crippen MR) is 125 cm³/mol. The van der Waals surface area contributed by atoms with Crippen LogP contribution in [0.25, 0.3) is 21.8 Å². The lowest BCUT2D eigenvalue weighted by Crippen LogP contribution is -2.33. The van der Waals surface area contributed by atoms with E-state index >= 15 is 0 Å². The highest BCUT2D eigenvalue weighted by atomic mass is 16.5. The van der Waals surface area contributed by atoms with Crippen molar-refractivity contribution in [3.63, 3.8) is 0 Å². The number of hydrogen-bond acceptors (Lipinski definition) is 2. The van der Waals surface area contributed by atoms with Gasteiger partial charge in [-0.25, -0.2) is 0 Å². The fourth-order valence-electron chi connectivity index (χ4n) is 4.94. The second kappa shape index (κ2) is 8.57. The largest absolute Gasteiger partial charge is 0.497 e. The van der Waals surface area contributed by atoms with Crippen LogP contribution in [0.15, 0.2) is 54.7 Å². The number of benzene rings is 2. The minimum Gasteiger partial charge on any atom is -0.497 e. The number of H-pyrrole nitrogens is 2. The molecule has 2 aromatic heterocycles. The molecule has 0 radical (unpaired) electrons. The van der Waals surface area contributed by atoms with Gasteiger partial charge >= 0.3 is 0 Å². The first-order chi connectivity index (χ1) is 14.8. The van der Waals surface area contributed by atoms with E-state index in [-0.39, 0.29) is 0 Å². The Labute approximate surface area is 178 Å². The number of hydrogen-bond donors (Lipinski definition) is 2. The normalized spacial score (nSPS) is 15.9. The molecule has 1 aliphatic heterocycles. The van der Waals surface area contributed by atoms with Gasteiger partial charge in [0.1, 0.15) is 5.75 Å². The van der Waals surface area contributed by atoms with Crippen molar-refractivity contribution in [2.24, 2.45) is 0 Å². The number of aromatic nitrogens is 2. The van der Waals surface area contributed by atoms with E-state index in [0.29, 0.717) is 5.92 Å². The van der Waals surface area contributed by atoms with E-state index < -0.39 is 0 Å². The topological polar surface area (TPSA) is 44.0 Å². The summed E-state index contributed by atoms with van der Waals surface area (Å²) in [6.45, 7) is 3.63. The van der Waals surface area contributed by atoms with E-state index in [1.165, 1.54) is 84.8 Å². The van der Waals surface area contributed by atoms with E-state index in [1.807, 2.05) is 6.07 Å². The van der Waals surface area contributed by atoms with Crippen molar-refractivity contribution in [1.82, 2.24) is 14.9 Å². The maximum Gasteiger partial charge on any atom is 0.119 e. The van der Waals surface area contributed by atoms with Gasteiger partial charge in [-0.05, 0) is 87.6 Å². The molecule has 0 amide bonds. The summed E-state index contributed by atoms with van der Waals surface area (Å²) in [5, 5.41) is 2.64. The summed E-state index contributed by atoms with van der Waals surface area (Å²) in [6, 6.07) is 17.2. The zero-order valence-electron chi connectivity index (χ0n) is 17.8. The number of methoxy groups -OCH3 is 1. The van der Waals surface area contributed by atoms with Crippen LogP contribution in [0.1, 0.15) is 42.9 Å². The Morgan fingerprint density at radius 3 is 2.73 bits per heavy atom. The molecule has 1 saturated heterocycles. The highest BCUT2D eigenvalue weighted by molar-refractivity contribution is 5.83. The first kappa shape index (κ1) is 19.3. The molecule has 156 valence electrons. The van der Waals surface area contributed by atoms with Crippen LogP contribution in [-0.2, 0) is 6.42 Å². The van der Waals surface area contributed by atoms with Crippen LogP contribution >= 0.6 is 0 Å². The number of fused-ring (bicyclic) bond motifs is 2. The number of unbranched alkanes of at least 4 members (excludes halogenated alkanes) is 1. The molecule has 4 heteroatoms. The van der Waals surface area contributed by atoms with E-state index in [9.17, 15) is 0 Å². The average Bonchev–Trinajstić information content (AvgIpc) is 3.41. The Bertz CT molecular complexity index is 1120. The fraction of sp³-hybridized carbons (Fsp3) is 0.385. The van der Waals surface area contributed by atoms with Gasteiger partial charge in [-0.15, -0.1) is 0 Å². The fourth-order valence-corrected chi connectivity index (χ4v) is 4.94. The molecule has 2 aromatic carbocycles. The van der Waals surface area contributed by atoms with Crippen LogP contribution < -0.4 is 4.74 Å². The number of rotatable bonds is 7. The average molecular weight is 402 g/mol. The van der Waals surface area contributed by atoms with Crippen molar-refractivity contribution in [1.29, 1.82) is 0 Å². The summed E-state index contributed by atoms with van der Waals surface area (Å²) in [7, 11) is 1.73. The molecule has 0 aliphatic carbocycles. The molecule has 5 rings (SSSR count). The highest BCUT2D eigenvalue weighted by Crippen LogP contribution is 2.31. The van der Waals surface area contributed by atoms with Gasteiger partial charge in [-0.3, -0.25) is 0 Å². The number of ether oxygens (including phenoxy) is 1. The number of likely N-dealkylation sites (tertiary alicyclic amines) is 1. The summed E-state index contributed by atoms with van der Waals surface area (Å²) in [5.74, 6) is 1.57. The Morgan fingerprint density at radius 2 is 1.87 bits per heavy atom. The second-order valence-corrected chi connectivity index (χ2v) is 8.61. The van der Waals surface area contributed by atoms with E-state index in [0.717, 1.165) is 5.75 Å². The van der Waals surface area contributed by atoms with Crippen molar-refractivity contribution < 1.29 is 4.74 Å². The van der Waals surface area contributed by atoms with Gasteiger partial charge in [0, 0.05) is 39.6 Å². The third kappa shape index (κ3) is 3.97. The van der Waals surface area contributed by atoms with Crippen LogP contribution in [-0.4, -0.2) is 41.6 Å². The molecule has 0 unspecified atom stereocenters. The number of aryl methyl sites for hydroxylation is 1. The number of para-hydroxylation sites is 1. The van der Waals surface area contributed by atoms with E-state index in [2.05, 4.69) is 63.5 Å². The molecule has 1 aliphatic rings. The van der Waals surface area contributed by atoms with Crippen molar-refractivity contribution in [2.75, 3.05) is 26.7 Å². The minimum absolute atomic E-state index is 0.644. The molecular formula is C26H31N3O. The molecule has 1 fully saturated rings. The molecule has 0 atom stereocenters. The van der Waals surface area contributed by atoms with Crippen molar-refractivity contribution in [3.8, 4) is 5.75 Å². The van der Waals surface area contributed by atoms with Crippen LogP contribution in [0.2, 0.25) is 0 Å². The minimum atomic E-state index is 0.644.